The Morgan fingerprint density at radius 3 is 2.59 bits per heavy atom. The molecule has 0 unspecified atom stereocenters. The normalized spacial score (nSPS) is 10.9. The number of hydrogen-bond acceptors (Lipinski definition) is 4. The van der Waals surface area contributed by atoms with Gasteiger partial charge in [0.15, 0.2) is 11.5 Å². The molecule has 0 radical (unpaired) electrons. The lowest BCUT2D eigenvalue weighted by Gasteiger charge is -2.15. The van der Waals surface area contributed by atoms with E-state index in [1.165, 1.54) is 19.3 Å². The van der Waals surface area contributed by atoms with Gasteiger partial charge in [-0.05, 0) is 55.8 Å². The molecule has 0 atom stereocenters. The summed E-state index contributed by atoms with van der Waals surface area (Å²) in [4.78, 5) is 23.3. The number of rotatable bonds is 7. The standard InChI is InChI=1S/C20H21ClN2O4/c1-12(2)27-19-16(21)9-13(10-17(19)26-3)7-8-18(24)23-15-6-4-5-14(11-15)20(22)25/h4-12H,1-3H3,(H2,22,25)(H,23,24)/b8-7+. The fourth-order valence-electron chi connectivity index (χ4n) is 2.29. The van der Waals surface area contributed by atoms with Crippen LogP contribution < -0.4 is 20.5 Å². The van der Waals surface area contributed by atoms with E-state index in [0.29, 0.717) is 33.3 Å². The van der Waals surface area contributed by atoms with Gasteiger partial charge in [-0.3, -0.25) is 9.59 Å². The van der Waals surface area contributed by atoms with E-state index >= 15 is 0 Å². The molecule has 2 aromatic carbocycles. The maximum atomic E-state index is 12.1. The zero-order chi connectivity index (χ0) is 20.0. The van der Waals surface area contributed by atoms with Crippen molar-refractivity contribution in [3.63, 3.8) is 0 Å². The number of ether oxygens (including phenoxy) is 2. The van der Waals surface area contributed by atoms with Crippen LogP contribution in [-0.2, 0) is 4.79 Å². The van der Waals surface area contributed by atoms with Crippen molar-refractivity contribution in [3.05, 3.63) is 58.6 Å². The van der Waals surface area contributed by atoms with Gasteiger partial charge in [0.25, 0.3) is 0 Å². The predicted octanol–water partition coefficient (Wildman–Crippen LogP) is 3.89. The summed E-state index contributed by atoms with van der Waals surface area (Å²) < 4.78 is 11.0. The Morgan fingerprint density at radius 1 is 1.22 bits per heavy atom. The van der Waals surface area contributed by atoms with Crippen LogP contribution in [0.1, 0.15) is 29.8 Å². The number of carbonyl (C=O) groups excluding carboxylic acids is 2. The molecule has 27 heavy (non-hydrogen) atoms. The molecule has 3 N–H and O–H groups in total. The number of benzene rings is 2. The second-order valence-electron chi connectivity index (χ2n) is 5.97. The smallest absolute Gasteiger partial charge is 0.248 e. The van der Waals surface area contributed by atoms with E-state index in [1.807, 2.05) is 13.8 Å². The summed E-state index contributed by atoms with van der Waals surface area (Å²) in [6.45, 7) is 3.78. The summed E-state index contributed by atoms with van der Waals surface area (Å²) in [6.07, 6.45) is 2.89. The third-order valence-electron chi connectivity index (χ3n) is 3.45. The Bertz CT molecular complexity index is 878. The Balaban J connectivity index is 2.15. The van der Waals surface area contributed by atoms with Crippen LogP contribution in [0.25, 0.3) is 6.08 Å². The van der Waals surface area contributed by atoms with E-state index in [9.17, 15) is 9.59 Å². The van der Waals surface area contributed by atoms with Gasteiger partial charge in [0, 0.05) is 17.3 Å². The molecule has 0 aliphatic carbocycles. The first kappa shape index (κ1) is 20.3. The van der Waals surface area contributed by atoms with Crippen LogP contribution in [0.3, 0.4) is 0 Å². The molecule has 0 saturated heterocycles. The minimum Gasteiger partial charge on any atom is -0.493 e. The lowest BCUT2D eigenvalue weighted by atomic mass is 10.1. The third-order valence-corrected chi connectivity index (χ3v) is 3.73. The maximum absolute atomic E-state index is 12.1. The molecule has 2 rings (SSSR count). The SMILES string of the molecule is COc1cc(/C=C/C(=O)Nc2cccc(C(N)=O)c2)cc(Cl)c1OC(C)C. The van der Waals surface area contributed by atoms with Crippen molar-refractivity contribution in [2.75, 3.05) is 12.4 Å². The van der Waals surface area contributed by atoms with Gasteiger partial charge >= 0.3 is 0 Å². The molecule has 0 aliphatic heterocycles. The van der Waals surface area contributed by atoms with E-state index in [1.54, 1.807) is 36.4 Å². The van der Waals surface area contributed by atoms with Gasteiger partial charge in [-0.25, -0.2) is 0 Å². The van der Waals surface area contributed by atoms with Crippen LogP contribution in [0.5, 0.6) is 11.5 Å². The highest BCUT2D eigenvalue weighted by molar-refractivity contribution is 6.32. The third kappa shape index (κ3) is 5.76. The summed E-state index contributed by atoms with van der Waals surface area (Å²) in [6, 6.07) is 9.78. The van der Waals surface area contributed by atoms with Gasteiger partial charge in [-0.15, -0.1) is 0 Å². The van der Waals surface area contributed by atoms with E-state index in [0.717, 1.165) is 0 Å². The molecule has 0 saturated carbocycles. The number of anilines is 1. The van der Waals surface area contributed by atoms with E-state index in [4.69, 9.17) is 26.8 Å². The Kier molecular flexibility index (Phi) is 6.85. The van der Waals surface area contributed by atoms with Crippen LogP contribution in [0.2, 0.25) is 5.02 Å². The quantitative estimate of drug-likeness (QED) is 0.704. The largest absolute Gasteiger partial charge is 0.493 e. The number of halogens is 1. The Morgan fingerprint density at radius 2 is 1.96 bits per heavy atom. The number of hydrogen-bond donors (Lipinski definition) is 2. The lowest BCUT2D eigenvalue weighted by molar-refractivity contribution is -0.111. The van der Waals surface area contributed by atoms with Gasteiger partial charge in [0.2, 0.25) is 11.8 Å². The summed E-state index contributed by atoms with van der Waals surface area (Å²) in [5, 5.41) is 3.05. The molecule has 0 heterocycles. The molecule has 7 heteroatoms. The maximum Gasteiger partial charge on any atom is 0.248 e. The Hall–Kier alpha value is -2.99. The van der Waals surface area contributed by atoms with Crippen LogP contribution >= 0.6 is 11.6 Å². The van der Waals surface area contributed by atoms with E-state index in [-0.39, 0.29) is 12.0 Å². The number of nitrogens with one attached hydrogen (secondary N) is 1. The zero-order valence-corrected chi connectivity index (χ0v) is 16.0. The molecule has 2 aromatic rings. The van der Waals surface area contributed by atoms with Crippen molar-refractivity contribution in [1.82, 2.24) is 0 Å². The number of nitrogens with two attached hydrogens (primary N) is 1. The number of amides is 2. The first-order valence-electron chi connectivity index (χ1n) is 8.23. The summed E-state index contributed by atoms with van der Waals surface area (Å²) in [5.41, 5.74) is 6.69. The average molecular weight is 389 g/mol. The molecular weight excluding hydrogens is 368 g/mol. The summed E-state index contributed by atoms with van der Waals surface area (Å²) >= 11 is 6.27. The lowest BCUT2D eigenvalue weighted by Crippen LogP contribution is -2.12. The van der Waals surface area contributed by atoms with Crippen LogP contribution in [0.15, 0.2) is 42.5 Å². The topological polar surface area (TPSA) is 90.6 Å². The highest BCUT2D eigenvalue weighted by Gasteiger charge is 2.13. The minimum absolute atomic E-state index is 0.0558. The van der Waals surface area contributed by atoms with Crippen molar-refractivity contribution >= 4 is 35.2 Å². The average Bonchev–Trinajstić information content (AvgIpc) is 2.61. The van der Waals surface area contributed by atoms with Crippen molar-refractivity contribution in [2.45, 2.75) is 20.0 Å². The molecule has 2 amide bonds. The molecule has 142 valence electrons. The molecule has 0 aliphatic rings. The second-order valence-corrected chi connectivity index (χ2v) is 6.38. The van der Waals surface area contributed by atoms with Gasteiger partial charge in [-0.1, -0.05) is 17.7 Å². The van der Waals surface area contributed by atoms with Crippen LogP contribution in [0.4, 0.5) is 5.69 Å². The number of primary amides is 1. The molecule has 0 spiro atoms. The molecule has 0 fully saturated rings. The van der Waals surface area contributed by atoms with Gasteiger partial charge in [0.05, 0.1) is 18.2 Å². The number of methoxy groups -OCH3 is 1. The van der Waals surface area contributed by atoms with Crippen molar-refractivity contribution < 1.29 is 19.1 Å². The number of carbonyl (C=O) groups is 2. The van der Waals surface area contributed by atoms with Gasteiger partial charge < -0.3 is 20.5 Å². The second kappa shape index (κ2) is 9.09. The molecule has 0 aromatic heterocycles. The highest BCUT2D eigenvalue weighted by Crippen LogP contribution is 2.37. The molecule has 6 nitrogen and oxygen atoms in total. The Labute approximate surface area is 162 Å². The van der Waals surface area contributed by atoms with E-state index in [2.05, 4.69) is 5.32 Å². The summed E-state index contributed by atoms with van der Waals surface area (Å²) in [5.74, 6) is 0.00533. The van der Waals surface area contributed by atoms with E-state index < -0.39 is 5.91 Å². The first-order chi connectivity index (χ1) is 12.8. The minimum atomic E-state index is -0.563. The van der Waals surface area contributed by atoms with Crippen molar-refractivity contribution in [2.24, 2.45) is 5.73 Å². The fraction of sp³-hybridized carbons (Fsp3) is 0.200. The highest BCUT2D eigenvalue weighted by atomic mass is 35.5. The fourth-order valence-corrected chi connectivity index (χ4v) is 2.56. The van der Waals surface area contributed by atoms with Crippen LogP contribution in [-0.4, -0.2) is 25.0 Å². The zero-order valence-electron chi connectivity index (χ0n) is 15.3. The first-order valence-corrected chi connectivity index (χ1v) is 8.61. The molecular formula is C20H21ClN2O4. The van der Waals surface area contributed by atoms with Gasteiger partial charge in [0.1, 0.15) is 0 Å². The van der Waals surface area contributed by atoms with Crippen molar-refractivity contribution in [1.29, 1.82) is 0 Å². The van der Waals surface area contributed by atoms with Gasteiger partial charge in [-0.2, -0.15) is 0 Å². The molecule has 0 bridgehead atoms. The predicted molar refractivity (Wildman–Crippen MR) is 106 cm³/mol. The monoisotopic (exact) mass is 388 g/mol. The summed E-state index contributed by atoms with van der Waals surface area (Å²) in [7, 11) is 1.52. The van der Waals surface area contributed by atoms with Crippen LogP contribution in [0, 0.1) is 0 Å². The van der Waals surface area contributed by atoms with Crippen molar-refractivity contribution in [3.8, 4) is 11.5 Å².